The van der Waals surface area contributed by atoms with Gasteiger partial charge in [0, 0.05) is 31.9 Å². The molecule has 0 radical (unpaired) electrons. The average Bonchev–Trinajstić information content (AvgIpc) is 3.07. The van der Waals surface area contributed by atoms with E-state index in [1.165, 1.54) is 0 Å². The fraction of sp³-hybridized carbons (Fsp3) is 0.722. The lowest BCUT2D eigenvalue weighted by Crippen LogP contribution is -2.50. The summed E-state index contributed by atoms with van der Waals surface area (Å²) in [6, 6.07) is 3.87. The number of likely N-dealkylation sites (tertiary alicyclic amines) is 1. The average molecular weight is 319 g/mol. The van der Waals surface area contributed by atoms with Crippen LogP contribution in [0.4, 0.5) is 0 Å². The minimum atomic E-state index is -0.493. The van der Waals surface area contributed by atoms with Gasteiger partial charge in [-0.2, -0.15) is 0 Å². The topological polar surface area (TPSA) is 68.4 Å². The minimum absolute atomic E-state index is 0.0200. The summed E-state index contributed by atoms with van der Waals surface area (Å²) in [6.45, 7) is 4.97. The standard InChI is InChI=1S/C18H29N3O2/c1-14-4-8-18(23,9-5-14)13-21-11-6-15(7-12-21)20-17(22)16-3-2-10-19-16/h2-3,10,14-15,19,23H,4-9,11-13H2,1H3,(H,20,22). The van der Waals surface area contributed by atoms with Crippen molar-refractivity contribution < 1.29 is 9.90 Å². The van der Waals surface area contributed by atoms with Crippen LogP contribution in [0.1, 0.15) is 55.9 Å². The van der Waals surface area contributed by atoms with Gasteiger partial charge in [-0.25, -0.2) is 0 Å². The van der Waals surface area contributed by atoms with E-state index < -0.39 is 5.60 Å². The number of carbonyl (C=O) groups excluding carboxylic acids is 1. The molecule has 1 aromatic heterocycles. The molecular weight excluding hydrogens is 290 g/mol. The van der Waals surface area contributed by atoms with E-state index in [1.54, 1.807) is 12.3 Å². The van der Waals surface area contributed by atoms with Crippen molar-refractivity contribution in [2.75, 3.05) is 19.6 Å². The fourth-order valence-corrected chi connectivity index (χ4v) is 3.84. The Morgan fingerprint density at radius 2 is 2.04 bits per heavy atom. The number of aromatic nitrogens is 1. The first kappa shape index (κ1) is 16.5. The molecule has 128 valence electrons. The number of hydrogen-bond donors (Lipinski definition) is 3. The van der Waals surface area contributed by atoms with Crippen molar-refractivity contribution in [3.05, 3.63) is 24.0 Å². The molecule has 0 unspecified atom stereocenters. The first-order chi connectivity index (χ1) is 11.0. The number of nitrogens with zero attached hydrogens (tertiary/aromatic N) is 1. The van der Waals surface area contributed by atoms with Gasteiger partial charge in [-0.1, -0.05) is 6.92 Å². The van der Waals surface area contributed by atoms with Gasteiger partial charge in [-0.3, -0.25) is 4.79 Å². The predicted molar refractivity (Wildman–Crippen MR) is 90.3 cm³/mol. The molecule has 5 heteroatoms. The van der Waals surface area contributed by atoms with Crippen LogP contribution in [0.25, 0.3) is 0 Å². The molecule has 3 N–H and O–H groups in total. The third-order valence-electron chi connectivity index (χ3n) is 5.49. The molecular formula is C18H29N3O2. The van der Waals surface area contributed by atoms with Crippen LogP contribution in [0.2, 0.25) is 0 Å². The third kappa shape index (κ3) is 4.36. The van der Waals surface area contributed by atoms with Crippen LogP contribution < -0.4 is 5.32 Å². The lowest BCUT2D eigenvalue weighted by Gasteiger charge is -2.41. The zero-order chi connectivity index (χ0) is 16.3. The van der Waals surface area contributed by atoms with Crippen molar-refractivity contribution in [1.82, 2.24) is 15.2 Å². The molecule has 1 aliphatic heterocycles. The number of aromatic amines is 1. The lowest BCUT2D eigenvalue weighted by molar-refractivity contribution is -0.0395. The Morgan fingerprint density at radius 1 is 1.35 bits per heavy atom. The number of rotatable bonds is 4. The molecule has 23 heavy (non-hydrogen) atoms. The van der Waals surface area contributed by atoms with Crippen LogP contribution in [0.3, 0.4) is 0 Å². The first-order valence-corrected chi connectivity index (χ1v) is 8.93. The van der Waals surface area contributed by atoms with E-state index in [9.17, 15) is 9.90 Å². The van der Waals surface area contributed by atoms with Crippen molar-refractivity contribution in [1.29, 1.82) is 0 Å². The van der Waals surface area contributed by atoms with Gasteiger partial charge in [0.25, 0.3) is 5.91 Å². The molecule has 2 heterocycles. The monoisotopic (exact) mass is 319 g/mol. The van der Waals surface area contributed by atoms with E-state index >= 15 is 0 Å². The van der Waals surface area contributed by atoms with Gasteiger partial charge in [-0.15, -0.1) is 0 Å². The number of carbonyl (C=O) groups is 1. The summed E-state index contributed by atoms with van der Waals surface area (Å²) in [5.41, 5.74) is 0.130. The summed E-state index contributed by atoms with van der Waals surface area (Å²) in [5.74, 6) is 0.734. The molecule has 1 saturated carbocycles. The Hall–Kier alpha value is -1.33. The van der Waals surface area contributed by atoms with Gasteiger partial charge in [0.15, 0.2) is 0 Å². The highest BCUT2D eigenvalue weighted by atomic mass is 16.3. The second-order valence-electron chi connectivity index (χ2n) is 7.51. The van der Waals surface area contributed by atoms with Crippen LogP contribution in [0.15, 0.2) is 18.3 Å². The van der Waals surface area contributed by atoms with E-state index in [1.807, 2.05) is 6.07 Å². The molecule has 3 rings (SSSR count). The SMILES string of the molecule is CC1CCC(O)(CN2CCC(NC(=O)c3ccc[nH]3)CC2)CC1. The molecule has 1 aromatic rings. The fourth-order valence-electron chi connectivity index (χ4n) is 3.84. The second-order valence-corrected chi connectivity index (χ2v) is 7.51. The number of nitrogens with one attached hydrogen (secondary N) is 2. The Labute approximate surface area is 138 Å². The van der Waals surface area contributed by atoms with Gasteiger partial charge in [0.2, 0.25) is 0 Å². The lowest BCUT2D eigenvalue weighted by atomic mass is 9.79. The van der Waals surface area contributed by atoms with Crippen LogP contribution in [-0.4, -0.2) is 52.2 Å². The van der Waals surface area contributed by atoms with Crippen LogP contribution in [0.5, 0.6) is 0 Å². The summed E-state index contributed by atoms with van der Waals surface area (Å²) < 4.78 is 0. The summed E-state index contributed by atoms with van der Waals surface area (Å²) in [4.78, 5) is 17.4. The summed E-state index contributed by atoms with van der Waals surface area (Å²) in [5, 5.41) is 13.9. The molecule has 1 amide bonds. The van der Waals surface area contributed by atoms with Gasteiger partial charge in [0.1, 0.15) is 5.69 Å². The van der Waals surface area contributed by atoms with Crippen molar-refractivity contribution in [3.8, 4) is 0 Å². The Bertz CT molecular complexity index is 498. The maximum atomic E-state index is 12.1. The zero-order valence-corrected chi connectivity index (χ0v) is 14.1. The molecule has 2 fully saturated rings. The zero-order valence-electron chi connectivity index (χ0n) is 14.1. The van der Waals surface area contributed by atoms with E-state index in [0.717, 1.165) is 64.1 Å². The molecule has 1 saturated heterocycles. The first-order valence-electron chi connectivity index (χ1n) is 8.93. The van der Waals surface area contributed by atoms with Crippen LogP contribution >= 0.6 is 0 Å². The Balaban J connectivity index is 1.42. The predicted octanol–water partition coefficient (Wildman–Crippen LogP) is 2.15. The van der Waals surface area contributed by atoms with Gasteiger partial charge < -0.3 is 20.3 Å². The van der Waals surface area contributed by atoms with Crippen molar-refractivity contribution in [2.45, 2.75) is 57.1 Å². The number of H-pyrrole nitrogens is 1. The minimum Gasteiger partial charge on any atom is -0.389 e. The molecule has 1 aliphatic carbocycles. The Kier molecular flexibility index (Phi) is 5.07. The quantitative estimate of drug-likeness (QED) is 0.796. The normalized spacial score (nSPS) is 30.3. The molecule has 0 atom stereocenters. The van der Waals surface area contributed by atoms with Gasteiger partial charge in [-0.05, 0) is 56.6 Å². The van der Waals surface area contributed by atoms with E-state index in [0.29, 0.717) is 5.69 Å². The second kappa shape index (κ2) is 7.05. The number of amides is 1. The number of aliphatic hydroxyl groups is 1. The molecule has 2 aliphatic rings. The highest BCUT2D eigenvalue weighted by molar-refractivity contribution is 5.92. The number of hydrogen-bond acceptors (Lipinski definition) is 3. The maximum absolute atomic E-state index is 12.1. The van der Waals surface area contributed by atoms with E-state index in [2.05, 4.69) is 22.1 Å². The van der Waals surface area contributed by atoms with Crippen molar-refractivity contribution in [3.63, 3.8) is 0 Å². The van der Waals surface area contributed by atoms with E-state index in [4.69, 9.17) is 0 Å². The van der Waals surface area contributed by atoms with Crippen molar-refractivity contribution >= 4 is 5.91 Å². The summed E-state index contributed by atoms with van der Waals surface area (Å²) >= 11 is 0. The van der Waals surface area contributed by atoms with Crippen LogP contribution in [0, 0.1) is 5.92 Å². The summed E-state index contributed by atoms with van der Waals surface area (Å²) in [6.07, 6.45) is 7.81. The molecule has 0 aromatic carbocycles. The number of β-amino-alcohol motifs (C(OH)–C–C–N with tert-alkyl or cyclic N) is 1. The molecule has 0 spiro atoms. The highest BCUT2D eigenvalue weighted by Gasteiger charge is 2.34. The van der Waals surface area contributed by atoms with E-state index in [-0.39, 0.29) is 11.9 Å². The molecule has 0 bridgehead atoms. The third-order valence-corrected chi connectivity index (χ3v) is 5.49. The van der Waals surface area contributed by atoms with Crippen molar-refractivity contribution in [2.24, 2.45) is 5.92 Å². The number of piperidine rings is 1. The van der Waals surface area contributed by atoms with Gasteiger partial charge >= 0.3 is 0 Å². The maximum Gasteiger partial charge on any atom is 0.267 e. The smallest absolute Gasteiger partial charge is 0.267 e. The van der Waals surface area contributed by atoms with Crippen LogP contribution in [-0.2, 0) is 0 Å². The Morgan fingerprint density at radius 3 is 2.65 bits per heavy atom. The van der Waals surface area contributed by atoms with Gasteiger partial charge in [0.05, 0.1) is 5.60 Å². The molecule has 5 nitrogen and oxygen atoms in total. The summed E-state index contributed by atoms with van der Waals surface area (Å²) in [7, 11) is 0. The largest absolute Gasteiger partial charge is 0.389 e. The highest BCUT2D eigenvalue weighted by Crippen LogP contribution is 2.32.